The summed E-state index contributed by atoms with van der Waals surface area (Å²) < 4.78 is 0. The number of pyridine rings is 1. The highest BCUT2D eigenvalue weighted by molar-refractivity contribution is 5.95. The van der Waals surface area contributed by atoms with E-state index in [1.54, 1.807) is 29.3 Å². The number of nitrogens with zero attached hydrogens (tertiary/aromatic N) is 3. The van der Waals surface area contributed by atoms with Crippen LogP contribution in [0.1, 0.15) is 23.3 Å². The van der Waals surface area contributed by atoms with E-state index < -0.39 is 0 Å². The van der Waals surface area contributed by atoms with E-state index in [1.165, 1.54) is 0 Å². The van der Waals surface area contributed by atoms with Crippen LogP contribution in [0.4, 0.5) is 5.82 Å². The number of piperidine rings is 1. The number of aromatic nitrogens is 3. The van der Waals surface area contributed by atoms with Crippen LogP contribution >= 0.6 is 0 Å². The van der Waals surface area contributed by atoms with Crippen molar-refractivity contribution in [2.24, 2.45) is 5.92 Å². The van der Waals surface area contributed by atoms with Gasteiger partial charge >= 0.3 is 0 Å². The zero-order valence-corrected chi connectivity index (χ0v) is 15.3. The molecule has 0 unspecified atom stereocenters. The second-order valence-corrected chi connectivity index (χ2v) is 6.83. The molecule has 0 saturated carbocycles. The van der Waals surface area contributed by atoms with Gasteiger partial charge < -0.3 is 10.2 Å². The molecule has 1 fully saturated rings. The van der Waals surface area contributed by atoms with E-state index >= 15 is 0 Å². The third-order valence-electron chi connectivity index (χ3n) is 4.87. The molecule has 1 saturated heterocycles. The minimum atomic E-state index is -0.253. The molecule has 28 heavy (non-hydrogen) atoms. The summed E-state index contributed by atoms with van der Waals surface area (Å²) in [6.07, 6.45) is 3.17. The van der Waals surface area contributed by atoms with Gasteiger partial charge in [0.15, 0.2) is 0 Å². The predicted octanol–water partition coefficient (Wildman–Crippen LogP) is 2.96. The molecule has 4 rings (SSSR count). The molecule has 0 spiro atoms. The van der Waals surface area contributed by atoms with Crippen molar-refractivity contribution >= 4 is 17.6 Å². The van der Waals surface area contributed by atoms with Crippen molar-refractivity contribution in [2.75, 3.05) is 18.4 Å². The Balaban J connectivity index is 1.42. The lowest BCUT2D eigenvalue weighted by atomic mass is 9.97. The molecule has 0 bridgehead atoms. The van der Waals surface area contributed by atoms with Crippen molar-refractivity contribution in [1.29, 1.82) is 0 Å². The molecule has 1 aliphatic rings. The van der Waals surface area contributed by atoms with Gasteiger partial charge in [0.05, 0.1) is 11.6 Å². The molecule has 3 aromatic rings. The Bertz CT molecular complexity index is 955. The normalized spacial score (nSPS) is 16.6. The summed E-state index contributed by atoms with van der Waals surface area (Å²) in [5, 5.41) is 9.91. The van der Waals surface area contributed by atoms with Crippen LogP contribution < -0.4 is 5.32 Å². The fourth-order valence-corrected chi connectivity index (χ4v) is 3.40. The van der Waals surface area contributed by atoms with Crippen LogP contribution in [0.25, 0.3) is 11.3 Å². The lowest BCUT2D eigenvalue weighted by Crippen LogP contribution is -2.44. The third-order valence-corrected chi connectivity index (χ3v) is 4.87. The van der Waals surface area contributed by atoms with Gasteiger partial charge in [-0.3, -0.25) is 14.7 Å². The Labute approximate surface area is 162 Å². The van der Waals surface area contributed by atoms with Gasteiger partial charge in [-0.25, -0.2) is 4.98 Å². The SMILES string of the molecule is O=C(Nc1ccccn1)[C@H]1CCCN(C(=O)c2cc(-c3ccccc3)n[nH]2)C1. The van der Waals surface area contributed by atoms with Crippen molar-refractivity contribution < 1.29 is 9.59 Å². The molecule has 0 radical (unpaired) electrons. The Morgan fingerprint density at radius 3 is 2.71 bits per heavy atom. The Hall–Kier alpha value is -3.48. The van der Waals surface area contributed by atoms with Gasteiger partial charge in [-0.1, -0.05) is 36.4 Å². The molecular formula is C21H21N5O2. The fraction of sp³-hybridized carbons (Fsp3) is 0.238. The summed E-state index contributed by atoms with van der Waals surface area (Å²) >= 11 is 0. The zero-order valence-electron chi connectivity index (χ0n) is 15.3. The number of carbonyl (C=O) groups excluding carboxylic acids is 2. The van der Waals surface area contributed by atoms with Crippen LogP contribution in [0.15, 0.2) is 60.8 Å². The maximum atomic E-state index is 12.9. The summed E-state index contributed by atoms with van der Waals surface area (Å²) in [5.74, 6) is 0.0315. The summed E-state index contributed by atoms with van der Waals surface area (Å²) in [6.45, 7) is 1.02. The molecule has 0 aliphatic carbocycles. The smallest absolute Gasteiger partial charge is 0.271 e. The van der Waals surface area contributed by atoms with Gasteiger partial charge in [0.1, 0.15) is 11.5 Å². The van der Waals surface area contributed by atoms with E-state index in [4.69, 9.17) is 0 Å². The quantitative estimate of drug-likeness (QED) is 0.733. The van der Waals surface area contributed by atoms with Gasteiger partial charge in [-0.15, -0.1) is 0 Å². The molecule has 2 N–H and O–H groups in total. The highest BCUT2D eigenvalue weighted by Crippen LogP contribution is 2.22. The summed E-state index contributed by atoms with van der Waals surface area (Å²) in [7, 11) is 0. The topological polar surface area (TPSA) is 91.0 Å². The Morgan fingerprint density at radius 1 is 1.11 bits per heavy atom. The van der Waals surface area contributed by atoms with Gasteiger partial charge in [-0.05, 0) is 31.0 Å². The standard InChI is InChI=1S/C21H21N5O2/c27-20(23-19-10-4-5-11-22-19)16-9-6-12-26(14-16)21(28)18-13-17(24-25-18)15-7-2-1-3-8-15/h1-5,7-8,10-11,13,16H,6,9,12,14H2,(H,24,25)(H,22,23,27)/t16-/m0/s1. The van der Waals surface area contributed by atoms with Gasteiger partial charge in [0.25, 0.3) is 5.91 Å². The largest absolute Gasteiger partial charge is 0.337 e. The van der Waals surface area contributed by atoms with E-state index in [0.717, 1.165) is 24.1 Å². The van der Waals surface area contributed by atoms with E-state index in [9.17, 15) is 9.59 Å². The number of rotatable bonds is 4. The minimum Gasteiger partial charge on any atom is -0.337 e. The second-order valence-electron chi connectivity index (χ2n) is 6.83. The van der Waals surface area contributed by atoms with Crippen LogP contribution in [-0.4, -0.2) is 45.0 Å². The number of likely N-dealkylation sites (tertiary alicyclic amines) is 1. The average molecular weight is 375 g/mol. The number of anilines is 1. The van der Waals surface area contributed by atoms with E-state index in [1.807, 2.05) is 36.4 Å². The van der Waals surface area contributed by atoms with Gasteiger partial charge in [0, 0.05) is 24.8 Å². The fourth-order valence-electron chi connectivity index (χ4n) is 3.40. The first-order chi connectivity index (χ1) is 13.7. The molecule has 1 atom stereocenters. The van der Waals surface area contributed by atoms with Crippen LogP contribution in [0, 0.1) is 5.92 Å². The summed E-state index contributed by atoms with van der Waals surface area (Å²) in [6, 6.07) is 16.8. The molecule has 7 heteroatoms. The summed E-state index contributed by atoms with van der Waals surface area (Å²) in [4.78, 5) is 31.3. The predicted molar refractivity (Wildman–Crippen MR) is 106 cm³/mol. The zero-order chi connectivity index (χ0) is 19.3. The molecule has 142 valence electrons. The molecule has 7 nitrogen and oxygen atoms in total. The van der Waals surface area contributed by atoms with Crippen LogP contribution in [0.5, 0.6) is 0 Å². The van der Waals surface area contributed by atoms with Gasteiger partial charge in [0.2, 0.25) is 5.91 Å². The number of amides is 2. The highest BCUT2D eigenvalue weighted by Gasteiger charge is 2.30. The number of benzene rings is 1. The first-order valence-corrected chi connectivity index (χ1v) is 9.33. The van der Waals surface area contributed by atoms with Gasteiger partial charge in [-0.2, -0.15) is 5.10 Å². The first kappa shape index (κ1) is 17.9. The molecular weight excluding hydrogens is 354 g/mol. The number of hydrogen-bond acceptors (Lipinski definition) is 4. The number of carbonyl (C=O) groups is 2. The number of nitrogens with one attached hydrogen (secondary N) is 2. The van der Waals surface area contributed by atoms with Crippen molar-refractivity contribution in [3.8, 4) is 11.3 Å². The second kappa shape index (κ2) is 8.04. The molecule has 3 heterocycles. The maximum absolute atomic E-state index is 12.9. The monoisotopic (exact) mass is 375 g/mol. The lowest BCUT2D eigenvalue weighted by Gasteiger charge is -2.31. The van der Waals surface area contributed by atoms with Crippen molar-refractivity contribution in [3.63, 3.8) is 0 Å². The third kappa shape index (κ3) is 3.93. The van der Waals surface area contributed by atoms with Crippen LogP contribution in [0.3, 0.4) is 0 Å². The van der Waals surface area contributed by atoms with Crippen LogP contribution in [-0.2, 0) is 4.79 Å². The van der Waals surface area contributed by atoms with E-state index in [0.29, 0.717) is 24.6 Å². The van der Waals surface area contributed by atoms with Crippen molar-refractivity contribution in [1.82, 2.24) is 20.1 Å². The van der Waals surface area contributed by atoms with Crippen molar-refractivity contribution in [3.05, 3.63) is 66.5 Å². The summed E-state index contributed by atoms with van der Waals surface area (Å²) in [5.41, 5.74) is 2.11. The molecule has 2 aromatic heterocycles. The molecule has 1 aliphatic heterocycles. The number of H-pyrrole nitrogens is 1. The Kier molecular flexibility index (Phi) is 5.14. The highest BCUT2D eigenvalue weighted by atomic mass is 16.2. The Morgan fingerprint density at radius 2 is 1.93 bits per heavy atom. The lowest BCUT2D eigenvalue weighted by molar-refractivity contribution is -0.121. The average Bonchev–Trinajstić information content (AvgIpc) is 3.25. The first-order valence-electron chi connectivity index (χ1n) is 9.33. The number of aromatic amines is 1. The van der Waals surface area contributed by atoms with E-state index in [-0.39, 0.29) is 17.7 Å². The molecule has 2 amide bonds. The van der Waals surface area contributed by atoms with E-state index in [2.05, 4.69) is 20.5 Å². The van der Waals surface area contributed by atoms with Crippen molar-refractivity contribution in [2.45, 2.75) is 12.8 Å². The maximum Gasteiger partial charge on any atom is 0.271 e. The minimum absolute atomic E-state index is 0.106. The number of hydrogen-bond donors (Lipinski definition) is 2. The molecule has 1 aromatic carbocycles. The van der Waals surface area contributed by atoms with Crippen LogP contribution in [0.2, 0.25) is 0 Å².